The molecule has 3 N–H and O–H groups in total. The number of carbonyl (C=O) groups is 1. The summed E-state index contributed by atoms with van der Waals surface area (Å²) in [7, 11) is 1.35. The van der Waals surface area contributed by atoms with Gasteiger partial charge in [-0.2, -0.15) is 0 Å². The number of halogens is 2. The quantitative estimate of drug-likeness (QED) is 0.841. The molecule has 1 rings (SSSR count). The van der Waals surface area contributed by atoms with E-state index in [1.54, 1.807) is 0 Å². The number of nitrogens with two attached hydrogens (primary N) is 1. The average Bonchev–Trinajstić information content (AvgIpc) is 2.20. The topological polar surface area (TPSA) is 72.5 Å². The number of hydrogen-bond acceptors (Lipinski definition) is 3. The Morgan fingerprint density at radius 3 is 2.75 bits per heavy atom. The Morgan fingerprint density at radius 1 is 1.62 bits per heavy atom. The van der Waals surface area contributed by atoms with Gasteiger partial charge in [0.05, 0.1) is 7.11 Å². The van der Waals surface area contributed by atoms with Gasteiger partial charge in [-0.05, 0) is 24.1 Å². The third-order valence-corrected chi connectivity index (χ3v) is 1.99. The molecule has 0 heterocycles. The molecule has 0 aliphatic carbocycles. The van der Waals surface area contributed by atoms with E-state index >= 15 is 0 Å². The van der Waals surface area contributed by atoms with Crippen molar-refractivity contribution in [3.63, 3.8) is 0 Å². The first kappa shape index (κ1) is 14.7. The number of carboxylic acid groups (broad SMARTS) is 1. The molecule has 0 aliphatic rings. The van der Waals surface area contributed by atoms with Gasteiger partial charge in [-0.15, -0.1) is 12.4 Å². The Kier molecular flexibility index (Phi) is 5.77. The average molecular weight is 250 g/mol. The largest absolute Gasteiger partial charge is 0.494 e. The molecule has 0 amide bonds. The Morgan fingerprint density at radius 2 is 2.25 bits per heavy atom. The van der Waals surface area contributed by atoms with E-state index in [4.69, 9.17) is 15.6 Å². The molecule has 0 spiro atoms. The van der Waals surface area contributed by atoms with Crippen LogP contribution < -0.4 is 10.5 Å². The molecular formula is C10H13ClFNO3. The van der Waals surface area contributed by atoms with Gasteiger partial charge in [-0.1, -0.05) is 6.07 Å². The van der Waals surface area contributed by atoms with Crippen molar-refractivity contribution in [3.05, 3.63) is 29.6 Å². The van der Waals surface area contributed by atoms with E-state index in [1.165, 1.54) is 25.3 Å². The Labute approximate surface area is 98.6 Å². The molecule has 1 aromatic carbocycles. The summed E-state index contributed by atoms with van der Waals surface area (Å²) in [5, 5.41) is 8.59. The van der Waals surface area contributed by atoms with E-state index in [-0.39, 0.29) is 24.6 Å². The summed E-state index contributed by atoms with van der Waals surface area (Å²) >= 11 is 0. The number of hydrogen-bond donors (Lipinski definition) is 2. The molecule has 0 fully saturated rings. The standard InChI is InChI=1S/C10H12FNO3.ClH/c1-15-9-5-6(2-3-7(9)11)4-8(12)10(13)14;/h2-3,5,8H,4,12H2,1H3,(H,13,14);1H/t8-;/m1./s1. The van der Waals surface area contributed by atoms with Crippen LogP contribution in [-0.2, 0) is 11.2 Å². The highest BCUT2D eigenvalue weighted by Crippen LogP contribution is 2.18. The molecule has 0 aliphatic heterocycles. The van der Waals surface area contributed by atoms with Gasteiger partial charge < -0.3 is 15.6 Å². The lowest BCUT2D eigenvalue weighted by Crippen LogP contribution is -2.32. The summed E-state index contributed by atoms with van der Waals surface area (Å²) in [6.07, 6.45) is 0.145. The normalized spacial score (nSPS) is 11.4. The number of benzene rings is 1. The third-order valence-electron chi connectivity index (χ3n) is 1.99. The van der Waals surface area contributed by atoms with Crippen LogP contribution in [0.2, 0.25) is 0 Å². The Bertz CT molecular complexity index is 373. The summed E-state index contributed by atoms with van der Waals surface area (Å²) < 4.78 is 17.8. The molecule has 0 bridgehead atoms. The molecule has 90 valence electrons. The molecule has 0 saturated carbocycles. The van der Waals surface area contributed by atoms with Crippen molar-refractivity contribution in [3.8, 4) is 5.75 Å². The Balaban J connectivity index is 0.00000225. The van der Waals surface area contributed by atoms with Crippen molar-refractivity contribution in [1.29, 1.82) is 0 Å². The van der Waals surface area contributed by atoms with Crippen LogP contribution in [0.25, 0.3) is 0 Å². The van der Waals surface area contributed by atoms with E-state index < -0.39 is 17.8 Å². The van der Waals surface area contributed by atoms with Crippen LogP contribution in [-0.4, -0.2) is 24.2 Å². The van der Waals surface area contributed by atoms with Crippen LogP contribution in [0.15, 0.2) is 18.2 Å². The highest BCUT2D eigenvalue weighted by Gasteiger charge is 2.13. The number of methoxy groups -OCH3 is 1. The van der Waals surface area contributed by atoms with Crippen LogP contribution in [0.5, 0.6) is 5.75 Å². The molecule has 1 atom stereocenters. The van der Waals surface area contributed by atoms with Gasteiger partial charge in [0.1, 0.15) is 6.04 Å². The van der Waals surface area contributed by atoms with Crippen molar-refractivity contribution < 1.29 is 19.0 Å². The molecule has 0 saturated heterocycles. The number of aliphatic carboxylic acids is 1. The van der Waals surface area contributed by atoms with E-state index in [1.807, 2.05) is 0 Å². The van der Waals surface area contributed by atoms with Gasteiger partial charge in [0, 0.05) is 0 Å². The number of ether oxygens (including phenoxy) is 1. The predicted octanol–water partition coefficient (Wildman–Crippen LogP) is 1.21. The zero-order valence-electron chi connectivity index (χ0n) is 8.64. The van der Waals surface area contributed by atoms with Crippen LogP contribution in [0, 0.1) is 5.82 Å². The fourth-order valence-corrected chi connectivity index (χ4v) is 1.17. The molecule has 6 heteroatoms. The predicted molar refractivity (Wildman–Crippen MR) is 59.5 cm³/mol. The second-order valence-electron chi connectivity index (χ2n) is 3.12. The zero-order valence-corrected chi connectivity index (χ0v) is 9.46. The molecule has 0 unspecified atom stereocenters. The lowest BCUT2D eigenvalue weighted by Gasteiger charge is -2.08. The van der Waals surface area contributed by atoms with Crippen molar-refractivity contribution in [1.82, 2.24) is 0 Å². The SMILES string of the molecule is COc1cc(C[C@@H](N)C(=O)O)ccc1F.Cl. The molecule has 0 radical (unpaired) electrons. The number of carboxylic acids is 1. The van der Waals surface area contributed by atoms with Crippen molar-refractivity contribution in [2.24, 2.45) is 5.73 Å². The second-order valence-corrected chi connectivity index (χ2v) is 3.12. The van der Waals surface area contributed by atoms with Crippen LogP contribution in [0.3, 0.4) is 0 Å². The fraction of sp³-hybridized carbons (Fsp3) is 0.300. The van der Waals surface area contributed by atoms with Crippen molar-refractivity contribution in [2.45, 2.75) is 12.5 Å². The maximum absolute atomic E-state index is 13.0. The maximum Gasteiger partial charge on any atom is 0.320 e. The lowest BCUT2D eigenvalue weighted by molar-refractivity contribution is -0.138. The molecule has 1 aromatic rings. The summed E-state index contributed by atoms with van der Waals surface area (Å²) in [6.45, 7) is 0. The van der Waals surface area contributed by atoms with Crippen LogP contribution in [0.1, 0.15) is 5.56 Å². The third kappa shape index (κ3) is 3.67. The van der Waals surface area contributed by atoms with E-state index in [9.17, 15) is 9.18 Å². The van der Waals surface area contributed by atoms with Gasteiger partial charge in [0.2, 0.25) is 0 Å². The zero-order chi connectivity index (χ0) is 11.4. The van der Waals surface area contributed by atoms with Gasteiger partial charge >= 0.3 is 5.97 Å². The van der Waals surface area contributed by atoms with E-state index in [2.05, 4.69) is 0 Å². The molecule has 16 heavy (non-hydrogen) atoms. The van der Waals surface area contributed by atoms with Crippen molar-refractivity contribution in [2.75, 3.05) is 7.11 Å². The van der Waals surface area contributed by atoms with Crippen LogP contribution in [0.4, 0.5) is 4.39 Å². The first-order chi connectivity index (χ1) is 7.04. The van der Waals surface area contributed by atoms with Crippen LogP contribution >= 0.6 is 12.4 Å². The highest BCUT2D eigenvalue weighted by molar-refractivity contribution is 5.85. The van der Waals surface area contributed by atoms with Gasteiger partial charge in [-0.25, -0.2) is 4.39 Å². The minimum atomic E-state index is -1.08. The monoisotopic (exact) mass is 249 g/mol. The van der Waals surface area contributed by atoms with Gasteiger partial charge in [0.15, 0.2) is 11.6 Å². The summed E-state index contributed by atoms with van der Waals surface area (Å²) in [5.74, 6) is -1.48. The highest BCUT2D eigenvalue weighted by atomic mass is 35.5. The Hall–Kier alpha value is -1.33. The van der Waals surface area contributed by atoms with Gasteiger partial charge in [0.25, 0.3) is 0 Å². The smallest absolute Gasteiger partial charge is 0.320 e. The summed E-state index contributed by atoms with van der Waals surface area (Å²) in [4.78, 5) is 10.5. The molecule has 0 aromatic heterocycles. The second kappa shape index (κ2) is 6.30. The minimum Gasteiger partial charge on any atom is -0.494 e. The summed E-state index contributed by atoms with van der Waals surface area (Å²) in [5.41, 5.74) is 5.97. The number of rotatable bonds is 4. The van der Waals surface area contributed by atoms with Gasteiger partial charge in [-0.3, -0.25) is 4.79 Å². The fourth-order valence-electron chi connectivity index (χ4n) is 1.17. The molecule has 4 nitrogen and oxygen atoms in total. The van der Waals surface area contributed by atoms with E-state index in [0.717, 1.165) is 0 Å². The van der Waals surface area contributed by atoms with Crippen molar-refractivity contribution >= 4 is 18.4 Å². The maximum atomic E-state index is 13.0. The first-order valence-electron chi connectivity index (χ1n) is 4.35. The first-order valence-corrected chi connectivity index (χ1v) is 4.35. The lowest BCUT2D eigenvalue weighted by atomic mass is 10.1. The van der Waals surface area contributed by atoms with E-state index in [0.29, 0.717) is 5.56 Å². The summed E-state index contributed by atoms with van der Waals surface area (Å²) in [6, 6.07) is 3.17. The minimum absolute atomic E-state index is 0. The molecular weight excluding hydrogens is 237 g/mol.